The Bertz CT molecular complexity index is 276. The molecule has 74 valence electrons. The molecule has 0 aliphatic rings. The van der Waals surface area contributed by atoms with Gasteiger partial charge >= 0.3 is 0 Å². The smallest absolute Gasteiger partial charge is 0.108 e. The molecule has 0 atom stereocenters. The van der Waals surface area contributed by atoms with Crippen molar-refractivity contribution in [1.82, 2.24) is 9.55 Å². The van der Waals surface area contributed by atoms with Crippen LogP contribution in [-0.4, -0.2) is 16.1 Å². The van der Waals surface area contributed by atoms with E-state index in [1.54, 1.807) is 0 Å². The Morgan fingerprint density at radius 1 is 1.38 bits per heavy atom. The summed E-state index contributed by atoms with van der Waals surface area (Å²) in [5.41, 5.74) is 7.92. The van der Waals surface area contributed by atoms with E-state index in [1.165, 1.54) is 11.5 Å². The number of hydrogen-bond acceptors (Lipinski definition) is 2. The monoisotopic (exact) mass is 181 g/mol. The predicted molar refractivity (Wildman–Crippen MR) is 54.8 cm³/mol. The lowest BCUT2D eigenvalue weighted by molar-refractivity contribution is 0.608. The molecule has 0 aliphatic heterocycles. The number of imidazole rings is 1. The van der Waals surface area contributed by atoms with Gasteiger partial charge in [0, 0.05) is 18.7 Å². The summed E-state index contributed by atoms with van der Waals surface area (Å²) in [5, 5.41) is 0. The Morgan fingerprint density at radius 2 is 2.08 bits per heavy atom. The summed E-state index contributed by atoms with van der Waals surface area (Å²) in [6.07, 6.45) is 2.03. The van der Waals surface area contributed by atoms with E-state index in [-0.39, 0.29) is 0 Å². The number of rotatable bonds is 4. The molecule has 1 heterocycles. The van der Waals surface area contributed by atoms with Crippen LogP contribution in [0, 0.1) is 13.8 Å². The summed E-state index contributed by atoms with van der Waals surface area (Å²) in [6, 6.07) is 0. The van der Waals surface area contributed by atoms with Crippen LogP contribution in [0.15, 0.2) is 0 Å². The van der Waals surface area contributed by atoms with E-state index in [0.717, 1.165) is 31.6 Å². The Hall–Kier alpha value is -0.830. The molecule has 3 nitrogen and oxygen atoms in total. The molecule has 1 aromatic rings. The van der Waals surface area contributed by atoms with E-state index in [1.807, 2.05) is 0 Å². The van der Waals surface area contributed by atoms with Crippen molar-refractivity contribution in [3.63, 3.8) is 0 Å². The zero-order valence-corrected chi connectivity index (χ0v) is 8.80. The number of aryl methyl sites for hydroxylation is 2. The zero-order valence-electron chi connectivity index (χ0n) is 8.80. The highest BCUT2D eigenvalue weighted by molar-refractivity contribution is 5.14. The van der Waals surface area contributed by atoms with E-state index in [2.05, 4.69) is 30.3 Å². The maximum atomic E-state index is 5.49. The number of nitrogens with two attached hydrogens (primary N) is 1. The van der Waals surface area contributed by atoms with Crippen LogP contribution >= 0.6 is 0 Å². The van der Waals surface area contributed by atoms with Crippen molar-refractivity contribution in [2.45, 2.75) is 40.2 Å². The molecule has 0 aromatic carbocycles. The van der Waals surface area contributed by atoms with Gasteiger partial charge in [0.25, 0.3) is 0 Å². The predicted octanol–water partition coefficient (Wildman–Crippen LogP) is 1.41. The number of hydrogen-bond donors (Lipinski definition) is 1. The average molecular weight is 181 g/mol. The van der Waals surface area contributed by atoms with E-state index < -0.39 is 0 Å². The standard InChI is InChI=1S/C10H19N3/c1-4-10-12-8(2)9(3)13(10)7-5-6-11/h4-7,11H2,1-3H3. The molecule has 2 N–H and O–H groups in total. The normalized spacial score (nSPS) is 10.8. The van der Waals surface area contributed by atoms with E-state index in [0.29, 0.717) is 0 Å². The molecule has 0 saturated heterocycles. The van der Waals surface area contributed by atoms with E-state index >= 15 is 0 Å². The van der Waals surface area contributed by atoms with Crippen LogP contribution in [0.3, 0.4) is 0 Å². The highest BCUT2D eigenvalue weighted by atomic mass is 15.1. The van der Waals surface area contributed by atoms with Crippen LogP contribution < -0.4 is 5.73 Å². The summed E-state index contributed by atoms with van der Waals surface area (Å²) in [4.78, 5) is 4.50. The summed E-state index contributed by atoms with van der Waals surface area (Å²) in [5.74, 6) is 1.18. The van der Waals surface area contributed by atoms with E-state index in [4.69, 9.17) is 5.73 Å². The molecule has 0 amide bonds. The first-order chi connectivity index (χ1) is 6.20. The van der Waals surface area contributed by atoms with Crippen LogP contribution in [0.4, 0.5) is 0 Å². The van der Waals surface area contributed by atoms with Crippen molar-refractivity contribution in [3.05, 3.63) is 17.2 Å². The minimum atomic E-state index is 0.750. The highest BCUT2D eigenvalue weighted by Gasteiger charge is 2.07. The second-order valence-electron chi connectivity index (χ2n) is 3.35. The van der Waals surface area contributed by atoms with Gasteiger partial charge in [0.2, 0.25) is 0 Å². The molecule has 1 rings (SSSR count). The van der Waals surface area contributed by atoms with Crippen molar-refractivity contribution >= 4 is 0 Å². The van der Waals surface area contributed by atoms with Crippen molar-refractivity contribution in [2.75, 3.05) is 6.54 Å². The Morgan fingerprint density at radius 3 is 2.62 bits per heavy atom. The lowest BCUT2D eigenvalue weighted by Crippen LogP contribution is -2.09. The fourth-order valence-electron chi connectivity index (χ4n) is 1.54. The largest absolute Gasteiger partial charge is 0.332 e. The van der Waals surface area contributed by atoms with Crippen LogP contribution in [0.2, 0.25) is 0 Å². The van der Waals surface area contributed by atoms with Crippen molar-refractivity contribution in [1.29, 1.82) is 0 Å². The maximum absolute atomic E-state index is 5.49. The van der Waals surface area contributed by atoms with Gasteiger partial charge in [0.05, 0.1) is 5.69 Å². The van der Waals surface area contributed by atoms with Crippen LogP contribution in [0.25, 0.3) is 0 Å². The van der Waals surface area contributed by atoms with Gasteiger partial charge in [-0.25, -0.2) is 4.98 Å². The molecule has 1 aromatic heterocycles. The van der Waals surface area contributed by atoms with Crippen LogP contribution in [0.1, 0.15) is 30.6 Å². The molecule has 0 saturated carbocycles. The molecule has 0 aliphatic carbocycles. The summed E-state index contributed by atoms with van der Waals surface area (Å²) >= 11 is 0. The first-order valence-electron chi connectivity index (χ1n) is 4.93. The quantitative estimate of drug-likeness (QED) is 0.763. The molecule has 0 spiro atoms. The van der Waals surface area contributed by atoms with Crippen LogP contribution in [0.5, 0.6) is 0 Å². The number of aromatic nitrogens is 2. The molecular formula is C10H19N3. The minimum absolute atomic E-state index is 0.750. The molecule has 0 radical (unpaired) electrons. The fourth-order valence-corrected chi connectivity index (χ4v) is 1.54. The average Bonchev–Trinajstić information content (AvgIpc) is 2.40. The Labute approximate surface area is 80.0 Å². The van der Waals surface area contributed by atoms with Gasteiger partial charge in [-0.1, -0.05) is 6.92 Å². The maximum Gasteiger partial charge on any atom is 0.108 e. The summed E-state index contributed by atoms with van der Waals surface area (Å²) in [6.45, 7) is 8.08. The van der Waals surface area contributed by atoms with Gasteiger partial charge in [-0.15, -0.1) is 0 Å². The van der Waals surface area contributed by atoms with Crippen molar-refractivity contribution in [2.24, 2.45) is 5.73 Å². The summed E-state index contributed by atoms with van der Waals surface area (Å²) in [7, 11) is 0. The Kier molecular flexibility index (Phi) is 3.48. The van der Waals surface area contributed by atoms with Crippen LogP contribution in [-0.2, 0) is 13.0 Å². The van der Waals surface area contributed by atoms with Gasteiger partial charge in [0.1, 0.15) is 5.82 Å². The lowest BCUT2D eigenvalue weighted by atomic mass is 10.3. The third kappa shape index (κ3) is 2.10. The van der Waals surface area contributed by atoms with Crippen molar-refractivity contribution in [3.8, 4) is 0 Å². The lowest BCUT2D eigenvalue weighted by Gasteiger charge is -2.07. The zero-order chi connectivity index (χ0) is 9.84. The highest BCUT2D eigenvalue weighted by Crippen LogP contribution is 2.11. The van der Waals surface area contributed by atoms with Gasteiger partial charge < -0.3 is 10.3 Å². The molecule has 13 heavy (non-hydrogen) atoms. The van der Waals surface area contributed by atoms with Crippen molar-refractivity contribution < 1.29 is 0 Å². The summed E-state index contributed by atoms with van der Waals surface area (Å²) < 4.78 is 2.28. The van der Waals surface area contributed by atoms with E-state index in [9.17, 15) is 0 Å². The SMILES string of the molecule is CCc1nc(C)c(C)n1CCCN. The molecule has 3 heteroatoms. The third-order valence-corrected chi connectivity index (χ3v) is 2.44. The second-order valence-corrected chi connectivity index (χ2v) is 3.35. The molecule has 0 bridgehead atoms. The number of nitrogens with zero attached hydrogens (tertiary/aromatic N) is 2. The van der Waals surface area contributed by atoms with Gasteiger partial charge in [0.15, 0.2) is 0 Å². The first kappa shape index (κ1) is 10.3. The first-order valence-corrected chi connectivity index (χ1v) is 4.93. The second kappa shape index (κ2) is 4.42. The molecule has 0 unspecified atom stereocenters. The Balaban J connectivity index is 2.88. The fraction of sp³-hybridized carbons (Fsp3) is 0.700. The minimum Gasteiger partial charge on any atom is -0.332 e. The molecular weight excluding hydrogens is 162 g/mol. The van der Waals surface area contributed by atoms with Gasteiger partial charge in [-0.3, -0.25) is 0 Å². The van der Waals surface area contributed by atoms with Gasteiger partial charge in [-0.2, -0.15) is 0 Å². The van der Waals surface area contributed by atoms with Gasteiger partial charge in [-0.05, 0) is 26.8 Å². The topological polar surface area (TPSA) is 43.8 Å². The third-order valence-electron chi connectivity index (χ3n) is 2.44. The molecule has 0 fully saturated rings.